The fraction of sp³-hybridized carbons (Fsp3) is 0.158. The number of ether oxygens (including phenoxy) is 4. The van der Waals surface area contributed by atoms with Gasteiger partial charge in [-0.1, -0.05) is 24.3 Å². The van der Waals surface area contributed by atoms with Gasteiger partial charge in [0.1, 0.15) is 11.5 Å². The Balaban J connectivity index is 2.57. The van der Waals surface area contributed by atoms with Crippen molar-refractivity contribution in [1.82, 2.24) is 0 Å². The molecule has 0 spiro atoms. The van der Waals surface area contributed by atoms with Gasteiger partial charge in [-0.3, -0.25) is 0 Å². The van der Waals surface area contributed by atoms with Crippen molar-refractivity contribution in [2.45, 2.75) is 18.6 Å². The van der Waals surface area contributed by atoms with Crippen LogP contribution in [0.4, 0.5) is 0 Å². The highest BCUT2D eigenvalue weighted by atomic mass is 16.7. The van der Waals surface area contributed by atoms with E-state index < -0.39 is 11.7 Å². The van der Waals surface area contributed by atoms with Crippen molar-refractivity contribution in [2.75, 3.05) is 0 Å². The Morgan fingerprint density at radius 3 is 1.33 bits per heavy atom. The summed E-state index contributed by atoms with van der Waals surface area (Å²) >= 11 is 0. The molecule has 8 heteroatoms. The van der Waals surface area contributed by atoms with Crippen molar-refractivity contribution in [1.29, 1.82) is 21.0 Å². The molecule has 0 fully saturated rings. The fourth-order valence-electron chi connectivity index (χ4n) is 2.64. The lowest BCUT2D eigenvalue weighted by Crippen LogP contribution is -2.40. The van der Waals surface area contributed by atoms with Crippen LogP contribution >= 0.6 is 0 Å². The van der Waals surface area contributed by atoms with E-state index in [0.29, 0.717) is 22.6 Å². The molecule has 0 bridgehead atoms. The van der Waals surface area contributed by atoms with Gasteiger partial charge in [-0.25, -0.2) is 0 Å². The van der Waals surface area contributed by atoms with Gasteiger partial charge in [0.15, 0.2) is 0 Å². The summed E-state index contributed by atoms with van der Waals surface area (Å²) in [6, 6.07) is 12.9. The number of hydrogen-bond acceptors (Lipinski definition) is 8. The van der Waals surface area contributed by atoms with Crippen molar-refractivity contribution in [2.24, 2.45) is 0 Å². The van der Waals surface area contributed by atoms with Crippen LogP contribution in [0.2, 0.25) is 0 Å². The van der Waals surface area contributed by atoms with Crippen LogP contribution in [-0.4, -0.2) is 6.29 Å². The average molecular weight is 360 g/mol. The lowest BCUT2D eigenvalue weighted by atomic mass is 9.75. The Bertz CT molecular complexity index is 869. The molecule has 0 saturated carbocycles. The smallest absolute Gasteiger partial charge is 0.292 e. The van der Waals surface area contributed by atoms with Crippen LogP contribution in [0.15, 0.2) is 48.5 Å². The van der Waals surface area contributed by atoms with Crippen LogP contribution in [0.5, 0.6) is 11.5 Å². The van der Waals surface area contributed by atoms with Gasteiger partial charge in [-0.2, -0.15) is 10.5 Å². The Labute approximate surface area is 155 Å². The van der Waals surface area contributed by atoms with E-state index in [-0.39, 0.29) is 0 Å². The molecule has 0 aliphatic rings. The zero-order valence-corrected chi connectivity index (χ0v) is 14.1. The Hall–Kier alpha value is -4.40. The second-order valence-electron chi connectivity index (χ2n) is 5.39. The minimum Gasteiger partial charge on any atom is -0.388 e. The average Bonchev–Trinajstić information content (AvgIpc) is 2.69. The maximum Gasteiger partial charge on any atom is 0.292 e. The van der Waals surface area contributed by atoms with Crippen molar-refractivity contribution < 1.29 is 18.9 Å². The van der Waals surface area contributed by atoms with Crippen LogP contribution in [0.3, 0.4) is 0 Å². The van der Waals surface area contributed by atoms with Gasteiger partial charge in [0, 0.05) is 0 Å². The summed E-state index contributed by atoms with van der Waals surface area (Å²) in [5.41, 5.74) is 0.191. The second kappa shape index (κ2) is 8.62. The van der Waals surface area contributed by atoms with Gasteiger partial charge in [0.05, 0.1) is 5.41 Å². The van der Waals surface area contributed by atoms with Crippen LogP contribution < -0.4 is 9.47 Å². The molecule has 0 amide bonds. The molecule has 0 saturated heterocycles. The highest BCUT2D eigenvalue weighted by molar-refractivity contribution is 5.44. The largest absolute Gasteiger partial charge is 0.388 e. The van der Waals surface area contributed by atoms with E-state index in [9.17, 15) is 0 Å². The van der Waals surface area contributed by atoms with Gasteiger partial charge in [-0.15, -0.1) is 10.5 Å². The zero-order valence-electron chi connectivity index (χ0n) is 14.1. The first kappa shape index (κ1) is 18.9. The van der Waals surface area contributed by atoms with E-state index >= 15 is 0 Å². The molecule has 0 atom stereocenters. The first-order valence-electron chi connectivity index (χ1n) is 7.52. The standard InChI is InChI=1S/C19H12N4O4/c1-19(18(26-12-22)27-13-23,14-2-6-16(7-3-14)24-10-20)15-4-8-17(9-5-15)25-11-21/h2-9,18H,1H3. The molecule has 8 nitrogen and oxygen atoms in total. The van der Waals surface area contributed by atoms with Crippen molar-refractivity contribution in [3.63, 3.8) is 0 Å². The zero-order chi connectivity index (χ0) is 19.7. The molecular weight excluding hydrogens is 348 g/mol. The molecule has 0 N–H and O–H groups in total. The maximum absolute atomic E-state index is 8.97. The lowest BCUT2D eigenvalue weighted by Gasteiger charge is -2.34. The summed E-state index contributed by atoms with van der Waals surface area (Å²) in [4.78, 5) is 0. The molecule has 2 rings (SSSR count). The highest BCUT2D eigenvalue weighted by Crippen LogP contribution is 2.38. The molecular formula is C19H12N4O4. The number of nitriles is 4. The normalized spacial score (nSPS) is 9.85. The summed E-state index contributed by atoms with van der Waals surface area (Å²) in [6.07, 6.45) is 5.01. The molecule has 2 aromatic carbocycles. The quantitative estimate of drug-likeness (QED) is 0.543. The first-order valence-corrected chi connectivity index (χ1v) is 7.52. The minimum absolute atomic E-state index is 0.334. The molecule has 0 heterocycles. The molecule has 0 aliphatic heterocycles. The summed E-state index contributed by atoms with van der Waals surface area (Å²) in [5.74, 6) is 0.667. The molecule has 0 aliphatic carbocycles. The van der Waals surface area contributed by atoms with Crippen LogP contribution in [-0.2, 0) is 14.9 Å². The SMILES string of the molecule is CC(c1ccc(OC#N)cc1)(c1ccc(OC#N)cc1)C(OC#N)OC#N. The number of rotatable bonds is 7. The van der Waals surface area contributed by atoms with E-state index in [1.807, 2.05) is 0 Å². The third-order valence-corrected chi connectivity index (χ3v) is 4.03. The number of hydrogen-bond donors (Lipinski definition) is 0. The molecule has 0 radical (unpaired) electrons. The predicted molar refractivity (Wildman–Crippen MR) is 89.0 cm³/mol. The highest BCUT2D eigenvalue weighted by Gasteiger charge is 2.42. The van der Waals surface area contributed by atoms with E-state index in [1.54, 1.807) is 80.5 Å². The lowest BCUT2D eigenvalue weighted by molar-refractivity contribution is -0.0837. The third kappa shape index (κ3) is 3.99. The molecule has 27 heavy (non-hydrogen) atoms. The van der Waals surface area contributed by atoms with Gasteiger partial charge >= 0.3 is 0 Å². The Morgan fingerprint density at radius 1 is 0.667 bits per heavy atom. The van der Waals surface area contributed by atoms with Crippen LogP contribution in [0.1, 0.15) is 18.1 Å². The minimum atomic E-state index is -1.25. The first-order chi connectivity index (χ1) is 13.1. The number of benzene rings is 2. The molecule has 132 valence electrons. The Kier molecular flexibility index (Phi) is 6.05. The maximum atomic E-state index is 8.97. The predicted octanol–water partition coefficient (Wildman–Crippen LogP) is 3.03. The van der Waals surface area contributed by atoms with Gasteiger partial charge < -0.3 is 18.9 Å². The summed E-state index contributed by atoms with van der Waals surface area (Å²) in [7, 11) is 0. The monoisotopic (exact) mass is 360 g/mol. The number of nitrogens with zero attached hydrogens (tertiary/aromatic N) is 4. The van der Waals surface area contributed by atoms with E-state index in [1.165, 1.54) is 0 Å². The van der Waals surface area contributed by atoms with E-state index in [0.717, 1.165) is 0 Å². The van der Waals surface area contributed by atoms with Gasteiger partial charge in [0.2, 0.25) is 0 Å². The van der Waals surface area contributed by atoms with E-state index in [2.05, 4.69) is 0 Å². The summed E-state index contributed by atoms with van der Waals surface area (Å²) in [5, 5.41) is 35.2. The van der Waals surface area contributed by atoms with Crippen molar-refractivity contribution in [3.8, 4) is 36.5 Å². The second-order valence-corrected chi connectivity index (χ2v) is 5.39. The summed E-state index contributed by atoms with van der Waals surface area (Å²) in [6.45, 7) is 1.73. The van der Waals surface area contributed by atoms with Crippen LogP contribution in [0, 0.1) is 46.1 Å². The molecule has 0 aromatic heterocycles. The third-order valence-electron chi connectivity index (χ3n) is 4.03. The van der Waals surface area contributed by atoms with Crippen molar-refractivity contribution in [3.05, 3.63) is 59.7 Å². The van der Waals surface area contributed by atoms with Gasteiger partial charge in [-0.05, 0) is 42.3 Å². The Morgan fingerprint density at radius 2 is 1.04 bits per heavy atom. The van der Waals surface area contributed by atoms with E-state index in [4.69, 9.17) is 40.0 Å². The molecule has 0 unspecified atom stereocenters. The van der Waals surface area contributed by atoms with Gasteiger partial charge in [0.25, 0.3) is 31.3 Å². The summed E-state index contributed by atoms with van der Waals surface area (Å²) < 4.78 is 19.5. The van der Waals surface area contributed by atoms with Crippen LogP contribution in [0.25, 0.3) is 0 Å². The fourth-order valence-corrected chi connectivity index (χ4v) is 2.64. The topological polar surface area (TPSA) is 132 Å². The van der Waals surface area contributed by atoms with Crippen molar-refractivity contribution >= 4 is 0 Å². The molecule has 2 aromatic rings.